The molecule has 1 heterocycles. The molecule has 0 spiro atoms. The highest BCUT2D eigenvalue weighted by Gasteiger charge is 2.21. The molecule has 1 amide bonds. The van der Waals surface area contributed by atoms with Crippen LogP contribution in [0.4, 0.5) is 5.69 Å². The van der Waals surface area contributed by atoms with Crippen molar-refractivity contribution >= 4 is 11.6 Å². The highest BCUT2D eigenvalue weighted by molar-refractivity contribution is 5.78. The Kier molecular flexibility index (Phi) is 6.42. The van der Waals surface area contributed by atoms with E-state index >= 15 is 0 Å². The summed E-state index contributed by atoms with van der Waals surface area (Å²) in [5.74, 6) is 0.212. The van der Waals surface area contributed by atoms with Gasteiger partial charge in [-0.15, -0.1) is 0 Å². The zero-order valence-electron chi connectivity index (χ0n) is 14.2. The third kappa shape index (κ3) is 4.46. The highest BCUT2D eigenvalue weighted by Crippen LogP contribution is 2.21. The van der Waals surface area contributed by atoms with Gasteiger partial charge in [0.1, 0.15) is 6.07 Å². The first-order chi connectivity index (χ1) is 11.2. The van der Waals surface area contributed by atoms with Crippen molar-refractivity contribution in [3.63, 3.8) is 0 Å². The second-order valence-electron chi connectivity index (χ2n) is 5.81. The Balaban J connectivity index is 2.00. The fourth-order valence-corrected chi connectivity index (χ4v) is 2.99. The largest absolute Gasteiger partial charge is 0.369 e. The van der Waals surface area contributed by atoms with Gasteiger partial charge in [0.05, 0.1) is 17.8 Å². The van der Waals surface area contributed by atoms with Gasteiger partial charge >= 0.3 is 0 Å². The number of rotatable bonds is 5. The van der Waals surface area contributed by atoms with Gasteiger partial charge in [0, 0.05) is 26.2 Å². The molecule has 0 saturated carbocycles. The van der Waals surface area contributed by atoms with Crippen LogP contribution < -0.4 is 4.90 Å². The summed E-state index contributed by atoms with van der Waals surface area (Å²) in [4.78, 5) is 18.8. The van der Waals surface area contributed by atoms with Crippen LogP contribution in [-0.2, 0) is 4.79 Å². The number of hydrogen-bond donors (Lipinski definition) is 0. The highest BCUT2D eigenvalue weighted by atomic mass is 16.2. The number of likely N-dealkylation sites (N-methyl/N-ethyl adjacent to an activating group) is 1. The van der Waals surface area contributed by atoms with Crippen LogP contribution in [-0.4, -0.2) is 61.5 Å². The molecule has 5 heteroatoms. The van der Waals surface area contributed by atoms with E-state index in [1.165, 1.54) is 0 Å². The predicted molar refractivity (Wildman–Crippen MR) is 92.4 cm³/mol. The Morgan fingerprint density at radius 3 is 2.61 bits per heavy atom. The maximum Gasteiger partial charge on any atom is 0.236 e. The van der Waals surface area contributed by atoms with Crippen molar-refractivity contribution in [1.82, 2.24) is 9.80 Å². The number of nitriles is 1. The number of benzene rings is 1. The molecule has 1 fully saturated rings. The Morgan fingerprint density at radius 2 is 1.91 bits per heavy atom. The van der Waals surface area contributed by atoms with E-state index in [-0.39, 0.29) is 5.91 Å². The van der Waals surface area contributed by atoms with E-state index in [0.717, 1.165) is 51.4 Å². The summed E-state index contributed by atoms with van der Waals surface area (Å²) in [6.45, 7) is 9.65. The Hall–Kier alpha value is -2.06. The van der Waals surface area contributed by atoms with Crippen molar-refractivity contribution in [3.8, 4) is 6.07 Å². The first kappa shape index (κ1) is 17.3. The van der Waals surface area contributed by atoms with E-state index in [0.29, 0.717) is 12.1 Å². The molecule has 0 unspecified atom stereocenters. The topological polar surface area (TPSA) is 50.6 Å². The lowest BCUT2D eigenvalue weighted by molar-refractivity contribution is -0.132. The predicted octanol–water partition coefficient (Wildman–Crippen LogP) is 1.94. The van der Waals surface area contributed by atoms with E-state index in [1.807, 2.05) is 29.2 Å². The van der Waals surface area contributed by atoms with Crippen LogP contribution in [0.2, 0.25) is 0 Å². The number of amides is 1. The van der Waals surface area contributed by atoms with Crippen molar-refractivity contribution < 1.29 is 4.79 Å². The molecule has 0 radical (unpaired) electrons. The van der Waals surface area contributed by atoms with Crippen LogP contribution in [0.3, 0.4) is 0 Å². The lowest BCUT2D eigenvalue weighted by Gasteiger charge is -2.26. The fraction of sp³-hybridized carbons (Fsp3) is 0.556. The second kappa shape index (κ2) is 8.54. The van der Waals surface area contributed by atoms with Crippen LogP contribution in [0.15, 0.2) is 24.3 Å². The molecular weight excluding hydrogens is 288 g/mol. The van der Waals surface area contributed by atoms with Crippen LogP contribution in [0, 0.1) is 11.3 Å². The van der Waals surface area contributed by atoms with Gasteiger partial charge < -0.3 is 9.80 Å². The standard InChI is InChI=1S/C18H26N4O/c1-3-20(4-2)15-18(23)22-11-7-10-21(12-13-22)17-9-6-5-8-16(17)14-19/h5-6,8-9H,3-4,7,10-13,15H2,1-2H3. The second-order valence-corrected chi connectivity index (χ2v) is 5.81. The van der Waals surface area contributed by atoms with Gasteiger partial charge in [-0.3, -0.25) is 9.69 Å². The molecule has 0 atom stereocenters. The summed E-state index contributed by atoms with van der Waals surface area (Å²) >= 11 is 0. The van der Waals surface area contributed by atoms with Gasteiger partial charge in [0.25, 0.3) is 0 Å². The van der Waals surface area contributed by atoms with Crippen LogP contribution >= 0.6 is 0 Å². The quantitative estimate of drug-likeness (QED) is 0.833. The fourth-order valence-electron chi connectivity index (χ4n) is 2.99. The molecule has 0 N–H and O–H groups in total. The summed E-state index contributed by atoms with van der Waals surface area (Å²) < 4.78 is 0. The molecular formula is C18H26N4O. The number of carbonyl (C=O) groups excluding carboxylic acids is 1. The number of hydrogen-bond acceptors (Lipinski definition) is 4. The van der Waals surface area contributed by atoms with E-state index < -0.39 is 0 Å². The molecule has 1 aliphatic rings. The van der Waals surface area contributed by atoms with E-state index in [4.69, 9.17) is 0 Å². The molecule has 1 aromatic rings. The number of anilines is 1. The number of nitrogens with zero attached hydrogens (tertiary/aromatic N) is 4. The van der Waals surface area contributed by atoms with Gasteiger partial charge in [-0.1, -0.05) is 26.0 Å². The van der Waals surface area contributed by atoms with Crippen molar-refractivity contribution in [2.75, 3.05) is 50.7 Å². The molecule has 0 bridgehead atoms. The summed E-state index contributed by atoms with van der Waals surface area (Å²) in [6, 6.07) is 9.95. The third-order valence-electron chi connectivity index (χ3n) is 4.47. The zero-order valence-corrected chi connectivity index (χ0v) is 14.2. The summed E-state index contributed by atoms with van der Waals surface area (Å²) in [5, 5.41) is 9.27. The minimum absolute atomic E-state index is 0.212. The SMILES string of the molecule is CCN(CC)CC(=O)N1CCCN(c2ccccc2C#N)CC1. The van der Waals surface area contributed by atoms with Gasteiger partial charge in [0.2, 0.25) is 5.91 Å². The third-order valence-corrected chi connectivity index (χ3v) is 4.47. The first-order valence-electron chi connectivity index (χ1n) is 8.43. The average molecular weight is 314 g/mol. The lowest BCUT2D eigenvalue weighted by Crippen LogP contribution is -2.42. The Labute approximate surface area is 139 Å². The van der Waals surface area contributed by atoms with Crippen LogP contribution in [0.5, 0.6) is 0 Å². The van der Waals surface area contributed by atoms with Crippen molar-refractivity contribution in [2.24, 2.45) is 0 Å². The van der Waals surface area contributed by atoms with Crippen molar-refractivity contribution in [2.45, 2.75) is 20.3 Å². The van der Waals surface area contributed by atoms with Crippen LogP contribution in [0.25, 0.3) is 0 Å². The minimum atomic E-state index is 0.212. The Morgan fingerprint density at radius 1 is 1.17 bits per heavy atom. The molecule has 5 nitrogen and oxygen atoms in total. The molecule has 1 aromatic carbocycles. The molecule has 1 saturated heterocycles. The van der Waals surface area contributed by atoms with E-state index in [9.17, 15) is 10.1 Å². The first-order valence-corrected chi connectivity index (χ1v) is 8.43. The molecule has 0 aliphatic carbocycles. The maximum absolute atomic E-state index is 12.5. The Bertz CT molecular complexity index is 562. The molecule has 23 heavy (non-hydrogen) atoms. The van der Waals surface area contributed by atoms with Crippen molar-refractivity contribution in [1.29, 1.82) is 5.26 Å². The molecule has 124 valence electrons. The van der Waals surface area contributed by atoms with E-state index in [1.54, 1.807) is 0 Å². The molecule has 2 rings (SSSR count). The average Bonchev–Trinajstić information content (AvgIpc) is 2.85. The van der Waals surface area contributed by atoms with Gasteiger partial charge in [-0.25, -0.2) is 0 Å². The maximum atomic E-state index is 12.5. The lowest BCUT2D eigenvalue weighted by atomic mass is 10.1. The monoisotopic (exact) mass is 314 g/mol. The van der Waals surface area contributed by atoms with Crippen molar-refractivity contribution in [3.05, 3.63) is 29.8 Å². The van der Waals surface area contributed by atoms with Gasteiger partial charge in [0.15, 0.2) is 0 Å². The van der Waals surface area contributed by atoms with Gasteiger partial charge in [-0.2, -0.15) is 5.26 Å². The number of para-hydroxylation sites is 1. The van der Waals surface area contributed by atoms with Crippen LogP contribution in [0.1, 0.15) is 25.8 Å². The normalized spacial score (nSPS) is 15.4. The smallest absolute Gasteiger partial charge is 0.236 e. The minimum Gasteiger partial charge on any atom is -0.369 e. The van der Waals surface area contributed by atoms with Gasteiger partial charge in [-0.05, 0) is 31.6 Å². The molecule has 0 aromatic heterocycles. The zero-order chi connectivity index (χ0) is 16.7. The number of carbonyl (C=O) groups is 1. The summed E-state index contributed by atoms with van der Waals surface area (Å²) in [7, 11) is 0. The summed E-state index contributed by atoms with van der Waals surface area (Å²) in [5.41, 5.74) is 1.68. The van der Waals surface area contributed by atoms with E-state index in [2.05, 4.69) is 29.7 Å². The summed E-state index contributed by atoms with van der Waals surface area (Å²) in [6.07, 6.45) is 0.934. The molecule has 1 aliphatic heterocycles.